The van der Waals surface area contributed by atoms with Crippen molar-refractivity contribution < 1.29 is 19.1 Å². The van der Waals surface area contributed by atoms with Gasteiger partial charge in [0.1, 0.15) is 5.71 Å². The smallest absolute Gasteiger partial charge is 0.276 e. The molecule has 28 heavy (non-hydrogen) atoms. The van der Waals surface area contributed by atoms with Gasteiger partial charge in [-0.05, 0) is 23.8 Å². The number of hydrogen-bond donors (Lipinski definition) is 1. The third-order valence-corrected chi connectivity index (χ3v) is 4.28. The van der Waals surface area contributed by atoms with E-state index in [1.165, 1.54) is 5.01 Å². The minimum Gasteiger partial charge on any atom is -0.493 e. The van der Waals surface area contributed by atoms with E-state index < -0.39 is 5.91 Å². The van der Waals surface area contributed by atoms with Crippen LogP contribution >= 0.6 is 0 Å². The lowest BCUT2D eigenvalue weighted by Crippen LogP contribution is -2.26. The van der Waals surface area contributed by atoms with Gasteiger partial charge < -0.3 is 15.2 Å². The molecule has 0 unspecified atom stereocenters. The van der Waals surface area contributed by atoms with Gasteiger partial charge >= 0.3 is 0 Å². The summed E-state index contributed by atoms with van der Waals surface area (Å²) in [6, 6.07) is 14.8. The Labute approximate surface area is 163 Å². The molecule has 0 bridgehead atoms. The van der Waals surface area contributed by atoms with Gasteiger partial charge in [-0.25, -0.2) is 5.01 Å². The fourth-order valence-electron chi connectivity index (χ4n) is 2.88. The van der Waals surface area contributed by atoms with Gasteiger partial charge in [0.05, 0.1) is 26.3 Å². The van der Waals surface area contributed by atoms with E-state index in [0.29, 0.717) is 22.8 Å². The topological polar surface area (TPSA) is 94.2 Å². The van der Waals surface area contributed by atoms with Gasteiger partial charge in [-0.2, -0.15) is 5.10 Å². The molecule has 0 spiro atoms. The molecule has 1 aliphatic heterocycles. The minimum absolute atomic E-state index is 0.0426. The maximum absolute atomic E-state index is 12.9. The molecule has 1 aliphatic rings. The van der Waals surface area contributed by atoms with Crippen LogP contribution in [0.4, 0.5) is 0 Å². The number of benzene rings is 2. The highest BCUT2D eigenvalue weighted by Crippen LogP contribution is 2.30. The highest BCUT2D eigenvalue weighted by Gasteiger charge is 2.30. The van der Waals surface area contributed by atoms with E-state index in [4.69, 9.17) is 15.2 Å². The number of methoxy groups -OCH3 is 2. The van der Waals surface area contributed by atoms with Crippen LogP contribution in [-0.4, -0.2) is 43.3 Å². The predicted molar refractivity (Wildman–Crippen MR) is 106 cm³/mol. The van der Waals surface area contributed by atoms with Crippen LogP contribution < -0.4 is 15.2 Å². The SMILES string of the molecule is COc1ccc(/C=C2\C(=O)N(CCC(N)=O)N=C2c2ccccc2)cc1OC. The lowest BCUT2D eigenvalue weighted by molar-refractivity contribution is -0.126. The summed E-state index contributed by atoms with van der Waals surface area (Å²) in [5.74, 6) is 0.394. The molecule has 144 valence electrons. The number of amides is 2. The number of nitrogens with zero attached hydrogens (tertiary/aromatic N) is 2. The summed E-state index contributed by atoms with van der Waals surface area (Å²) in [6.07, 6.45) is 1.79. The molecule has 2 aromatic rings. The third-order valence-electron chi connectivity index (χ3n) is 4.28. The van der Waals surface area contributed by atoms with Crippen LogP contribution in [0.2, 0.25) is 0 Å². The fraction of sp³-hybridized carbons (Fsp3) is 0.190. The van der Waals surface area contributed by atoms with Gasteiger partial charge in [0.15, 0.2) is 11.5 Å². The molecule has 7 nitrogen and oxygen atoms in total. The predicted octanol–water partition coefficient (Wildman–Crippen LogP) is 2.21. The molecule has 2 amide bonds. The third kappa shape index (κ3) is 4.03. The molecule has 0 saturated heterocycles. The Morgan fingerprint density at radius 1 is 1.11 bits per heavy atom. The Bertz CT molecular complexity index is 951. The van der Waals surface area contributed by atoms with Crippen molar-refractivity contribution in [1.29, 1.82) is 0 Å². The van der Waals surface area contributed by atoms with Crippen molar-refractivity contribution in [3.8, 4) is 11.5 Å². The van der Waals surface area contributed by atoms with Crippen LogP contribution in [0, 0.1) is 0 Å². The average Bonchev–Trinajstić information content (AvgIpc) is 3.02. The normalized spacial score (nSPS) is 14.9. The van der Waals surface area contributed by atoms with E-state index in [1.807, 2.05) is 36.4 Å². The zero-order valence-corrected chi connectivity index (χ0v) is 15.7. The van der Waals surface area contributed by atoms with Gasteiger partial charge in [0, 0.05) is 12.0 Å². The first-order chi connectivity index (χ1) is 13.5. The Balaban J connectivity index is 2.01. The van der Waals surface area contributed by atoms with E-state index in [9.17, 15) is 9.59 Å². The maximum atomic E-state index is 12.9. The first-order valence-corrected chi connectivity index (χ1v) is 8.71. The van der Waals surface area contributed by atoms with Crippen molar-refractivity contribution >= 4 is 23.6 Å². The van der Waals surface area contributed by atoms with Crippen molar-refractivity contribution in [1.82, 2.24) is 5.01 Å². The van der Waals surface area contributed by atoms with Crippen LogP contribution in [0.5, 0.6) is 11.5 Å². The number of ether oxygens (including phenoxy) is 2. The molecule has 0 fully saturated rings. The van der Waals surface area contributed by atoms with E-state index in [1.54, 1.807) is 32.4 Å². The zero-order chi connectivity index (χ0) is 20.1. The average molecular weight is 379 g/mol. The first kappa shape index (κ1) is 19.2. The highest BCUT2D eigenvalue weighted by molar-refractivity contribution is 6.33. The second-order valence-electron chi connectivity index (χ2n) is 6.13. The minimum atomic E-state index is -0.485. The standard InChI is InChI=1S/C21H21N3O4/c1-27-17-9-8-14(13-18(17)28-2)12-16-20(15-6-4-3-5-7-15)23-24(21(16)26)11-10-19(22)25/h3-9,12-13H,10-11H2,1-2H3,(H2,22,25)/b16-12-. The van der Waals surface area contributed by atoms with Crippen molar-refractivity contribution in [2.45, 2.75) is 6.42 Å². The maximum Gasteiger partial charge on any atom is 0.276 e. The molecular formula is C21H21N3O4. The number of rotatable bonds is 7. The molecule has 2 aromatic carbocycles. The van der Waals surface area contributed by atoms with Gasteiger partial charge in [0.25, 0.3) is 5.91 Å². The number of carbonyl (C=O) groups excluding carboxylic acids is 2. The van der Waals surface area contributed by atoms with Crippen molar-refractivity contribution in [3.63, 3.8) is 0 Å². The Kier molecular flexibility index (Phi) is 5.74. The van der Waals surface area contributed by atoms with Gasteiger partial charge in [-0.3, -0.25) is 9.59 Å². The molecule has 7 heteroatoms. The molecular weight excluding hydrogens is 358 g/mol. The zero-order valence-electron chi connectivity index (χ0n) is 15.7. The summed E-state index contributed by atoms with van der Waals surface area (Å²) < 4.78 is 10.6. The van der Waals surface area contributed by atoms with Gasteiger partial charge in [-0.15, -0.1) is 0 Å². The number of carbonyl (C=O) groups is 2. The lowest BCUT2D eigenvalue weighted by Gasteiger charge is -2.10. The number of hydrogen-bond acceptors (Lipinski definition) is 5. The summed E-state index contributed by atoms with van der Waals surface area (Å²) in [5, 5.41) is 5.71. The number of hydrazone groups is 1. The molecule has 0 saturated carbocycles. The monoisotopic (exact) mass is 379 g/mol. The lowest BCUT2D eigenvalue weighted by atomic mass is 10.00. The largest absolute Gasteiger partial charge is 0.493 e. The fourth-order valence-corrected chi connectivity index (χ4v) is 2.88. The Morgan fingerprint density at radius 3 is 2.46 bits per heavy atom. The second kappa shape index (κ2) is 8.39. The summed E-state index contributed by atoms with van der Waals surface area (Å²) in [7, 11) is 3.12. The second-order valence-corrected chi connectivity index (χ2v) is 6.13. The van der Waals surface area contributed by atoms with Crippen molar-refractivity contribution in [2.75, 3.05) is 20.8 Å². The quantitative estimate of drug-likeness (QED) is 0.746. The summed E-state index contributed by atoms with van der Waals surface area (Å²) in [4.78, 5) is 24.0. The van der Waals surface area contributed by atoms with E-state index in [0.717, 1.165) is 11.1 Å². The van der Waals surface area contributed by atoms with Crippen LogP contribution in [0.3, 0.4) is 0 Å². The van der Waals surface area contributed by atoms with Crippen LogP contribution in [-0.2, 0) is 9.59 Å². The number of nitrogens with two attached hydrogens (primary N) is 1. The van der Waals surface area contributed by atoms with Crippen molar-refractivity contribution in [3.05, 3.63) is 65.2 Å². The van der Waals surface area contributed by atoms with Gasteiger partial charge in [-0.1, -0.05) is 36.4 Å². The summed E-state index contributed by atoms with van der Waals surface area (Å²) >= 11 is 0. The van der Waals surface area contributed by atoms with E-state index >= 15 is 0 Å². The summed E-state index contributed by atoms with van der Waals surface area (Å²) in [5.41, 5.74) is 7.77. The summed E-state index contributed by atoms with van der Waals surface area (Å²) in [6.45, 7) is 0.133. The number of primary amides is 1. The molecule has 2 N–H and O–H groups in total. The van der Waals surface area contributed by atoms with Crippen LogP contribution in [0.15, 0.2) is 59.2 Å². The first-order valence-electron chi connectivity index (χ1n) is 8.71. The van der Waals surface area contributed by atoms with Crippen molar-refractivity contribution in [2.24, 2.45) is 10.8 Å². The highest BCUT2D eigenvalue weighted by atomic mass is 16.5. The molecule has 3 rings (SSSR count). The molecule has 0 aliphatic carbocycles. The molecule has 0 atom stereocenters. The Hall–Kier alpha value is -3.61. The Morgan fingerprint density at radius 2 is 1.82 bits per heavy atom. The van der Waals surface area contributed by atoms with Crippen LogP contribution in [0.1, 0.15) is 17.5 Å². The van der Waals surface area contributed by atoms with Crippen LogP contribution in [0.25, 0.3) is 6.08 Å². The molecule has 0 radical (unpaired) electrons. The molecule has 0 aromatic heterocycles. The van der Waals surface area contributed by atoms with E-state index in [-0.39, 0.29) is 18.9 Å². The van der Waals surface area contributed by atoms with Gasteiger partial charge in [0.2, 0.25) is 5.91 Å². The molecule has 1 heterocycles. The van der Waals surface area contributed by atoms with E-state index in [2.05, 4.69) is 5.10 Å².